The van der Waals surface area contributed by atoms with E-state index in [9.17, 15) is 9.90 Å². The quantitative estimate of drug-likeness (QED) is 0.721. The maximum absolute atomic E-state index is 12.0. The van der Waals surface area contributed by atoms with Gasteiger partial charge in [0.25, 0.3) is 0 Å². The number of amides is 1. The van der Waals surface area contributed by atoms with Gasteiger partial charge in [0, 0.05) is 30.9 Å². The summed E-state index contributed by atoms with van der Waals surface area (Å²) in [4.78, 5) is 24.6. The summed E-state index contributed by atoms with van der Waals surface area (Å²) in [6, 6.07) is 6.71. The van der Waals surface area contributed by atoms with E-state index in [1.54, 1.807) is 36.8 Å². The molecule has 0 aliphatic rings. The maximum Gasteiger partial charge on any atom is 0.224 e. The Morgan fingerprint density at radius 1 is 1.24 bits per heavy atom. The number of anilines is 1. The van der Waals surface area contributed by atoms with E-state index in [1.807, 2.05) is 23.8 Å². The minimum atomic E-state index is -0.0773. The predicted molar refractivity (Wildman–Crippen MR) is 94.0 cm³/mol. The molecule has 0 spiro atoms. The molecule has 0 saturated carbocycles. The van der Waals surface area contributed by atoms with Gasteiger partial charge in [-0.25, -0.2) is 15.0 Å². The molecule has 3 aromatic rings. The molecule has 0 saturated heterocycles. The molecule has 0 aliphatic carbocycles. The van der Waals surface area contributed by atoms with Crippen molar-refractivity contribution < 1.29 is 9.90 Å². The highest BCUT2D eigenvalue weighted by molar-refractivity contribution is 5.90. The van der Waals surface area contributed by atoms with E-state index in [1.165, 1.54) is 0 Å². The van der Waals surface area contributed by atoms with Crippen LogP contribution >= 0.6 is 0 Å². The molecule has 1 amide bonds. The van der Waals surface area contributed by atoms with Crippen LogP contribution in [0.15, 0.2) is 49.1 Å². The van der Waals surface area contributed by atoms with E-state index < -0.39 is 0 Å². The van der Waals surface area contributed by atoms with Gasteiger partial charge in [0.05, 0.1) is 18.1 Å². The van der Waals surface area contributed by atoms with Gasteiger partial charge in [-0.1, -0.05) is 12.1 Å². The van der Waals surface area contributed by atoms with E-state index in [0.29, 0.717) is 23.5 Å². The zero-order valence-corrected chi connectivity index (χ0v) is 13.9. The van der Waals surface area contributed by atoms with Crippen LogP contribution in [0.2, 0.25) is 0 Å². The van der Waals surface area contributed by atoms with Gasteiger partial charge in [-0.05, 0) is 25.5 Å². The Labute approximate surface area is 145 Å². The lowest BCUT2D eigenvalue weighted by molar-refractivity contribution is -0.116. The van der Waals surface area contributed by atoms with E-state index in [-0.39, 0.29) is 11.7 Å². The Balaban J connectivity index is 1.52. The van der Waals surface area contributed by atoms with Gasteiger partial charge in [0.2, 0.25) is 5.91 Å². The SMILES string of the molecule is Cc1nccn1CCCC(=O)Nc1cnc(-c2cccc(O)c2)nc1. The van der Waals surface area contributed by atoms with E-state index in [2.05, 4.69) is 20.3 Å². The number of aromatic nitrogens is 4. The van der Waals surface area contributed by atoms with Gasteiger partial charge >= 0.3 is 0 Å². The molecule has 0 atom stereocenters. The Bertz CT molecular complexity index is 858. The largest absolute Gasteiger partial charge is 0.508 e. The number of imidazole rings is 1. The Kier molecular flexibility index (Phi) is 5.03. The molecule has 128 valence electrons. The molecule has 0 bridgehead atoms. The molecule has 0 aliphatic heterocycles. The molecule has 2 N–H and O–H groups in total. The average Bonchev–Trinajstić information content (AvgIpc) is 3.01. The topological polar surface area (TPSA) is 92.9 Å². The summed E-state index contributed by atoms with van der Waals surface area (Å²) in [6.07, 6.45) is 7.91. The summed E-state index contributed by atoms with van der Waals surface area (Å²) < 4.78 is 2.01. The van der Waals surface area contributed by atoms with Crippen molar-refractivity contribution in [1.82, 2.24) is 19.5 Å². The molecular weight excluding hydrogens is 318 g/mol. The predicted octanol–water partition coefficient (Wildman–Crippen LogP) is 2.77. The van der Waals surface area contributed by atoms with Crippen molar-refractivity contribution >= 4 is 11.6 Å². The molecule has 1 aromatic carbocycles. The van der Waals surface area contributed by atoms with Gasteiger partial charge < -0.3 is 15.0 Å². The lowest BCUT2D eigenvalue weighted by Crippen LogP contribution is -2.13. The van der Waals surface area contributed by atoms with Crippen LogP contribution in [0.3, 0.4) is 0 Å². The number of nitrogens with zero attached hydrogens (tertiary/aromatic N) is 4. The van der Waals surface area contributed by atoms with Gasteiger partial charge in [-0.3, -0.25) is 4.79 Å². The molecule has 2 aromatic heterocycles. The molecule has 0 unspecified atom stereocenters. The Morgan fingerprint density at radius 3 is 2.72 bits per heavy atom. The fourth-order valence-electron chi connectivity index (χ4n) is 2.46. The summed E-state index contributed by atoms with van der Waals surface area (Å²) >= 11 is 0. The van der Waals surface area contributed by atoms with Crippen LogP contribution in [0.5, 0.6) is 5.75 Å². The van der Waals surface area contributed by atoms with Crippen molar-refractivity contribution in [1.29, 1.82) is 0 Å². The summed E-state index contributed by atoms with van der Waals surface area (Å²) in [6.45, 7) is 2.69. The van der Waals surface area contributed by atoms with Gasteiger partial charge in [0.1, 0.15) is 11.6 Å². The first-order valence-electron chi connectivity index (χ1n) is 8.01. The minimum absolute atomic E-state index is 0.0773. The second-order valence-electron chi connectivity index (χ2n) is 5.67. The summed E-state index contributed by atoms with van der Waals surface area (Å²) in [7, 11) is 0. The van der Waals surface area contributed by atoms with E-state index in [0.717, 1.165) is 18.8 Å². The Morgan fingerprint density at radius 2 is 2.04 bits per heavy atom. The number of rotatable bonds is 6. The number of phenols is 1. The van der Waals surface area contributed by atoms with Crippen LogP contribution in [0.25, 0.3) is 11.4 Å². The lowest BCUT2D eigenvalue weighted by Gasteiger charge is -2.07. The fraction of sp³-hybridized carbons (Fsp3) is 0.222. The number of benzene rings is 1. The first-order valence-corrected chi connectivity index (χ1v) is 8.01. The number of hydrogen-bond donors (Lipinski definition) is 2. The third kappa shape index (κ3) is 4.41. The number of hydrogen-bond acceptors (Lipinski definition) is 5. The molecule has 3 rings (SSSR count). The first kappa shape index (κ1) is 16.6. The molecule has 7 heteroatoms. The number of nitrogens with one attached hydrogen (secondary N) is 1. The van der Waals surface area contributed by atoms with Crippen molar-refractivity contribution in [2.75, 3.05) is 5.32 Å². The Hall–Kier alpha value is -3.22. The lowest BCUT2D eigenvalue weighted by atomic mass is 10.2. The number of carbonyl (C=O) groups is 1. The fourth-order valence-corrected chi connectivity index (χ4v) is 2.46. The van der Waals surface area contributed by atoms with Crippen molar-refractivity contribution in [3.63, 3.8) is 0 Å². The number of aryl methyl sites for hydroxylation is 2. The van der Waals surface area contributed by atoms with Crippen molar-refractivity contribution in [2.45, 2.75) is 26.3 Å². The summed E-state index contributed by atoms with van der Waals surface area (Å²) in [5.74, 6) is 1.51. The van der Waals surface area contributed by atoms with Gasteiger partial charge in [0.15, 0.2) is 5.82 Å². The third-order valence-electron chi connectivity index (χ3n) is 3.77. The van der Waals surface area contributed by atoms with Gasteiger partial charge in [-0.15, -0.1) is 0 Å². The molecule has 25 heavy (non-hydrogen) atoms. The number of carbonyl (C=O) groups excluding carboxylic acids is 1. The van der Waals surface area contributed by atoms with Gasteiger partial charge in [-0.2, -0.15) is 0 Å². The van der Waals surface area contributed by atoms with Crippen LogP contribution in [0.1, 0.15) is 18.7 Å². The second kappa shape index (κ2) is 7.57. The number of phenolic OH excluding ortho intramolecular Hbond substituents is 1. The maximum atomic E-state index is 12.0. The zero-order valence-electron chi connectivity index (χ0n) is 13.9. The van der Waals surface area contributed by atoms with Crippen molar-refractivity contribution in [2.24, 2.45) is 0 Å². The highest BCUT2D eigenvalue weighted by Gasteiger charge is 2.06. The average molecular weight is 337 g/mol. The van der Waals surface area contributed by atoms with Crippen molar-refractivity contribution in [3.8, 4) is 17.1 Å². The van der Waals surface area contributed by atoms with Crippen LogP contribution in [0.4, 0.5) is 5.69 Å². The molecule has 7 nitrogen and oxygen atoms in total. The molecule has 2 heterocycles. The van der Waals surface area contributed by atoms with Crippen LogP contribution < -0.4 is 5.32 Å². The molecule has 0 fully saturated rings. The molecule has 0 radical (unpaired) electrons. The highest BCUT2D eigenvalue weighted by atomic mass is 16.3. The first-order chi connectivity index (χ1) is 12.1. The zero-order chi connectivity index (χ0) is 17.6. The normalized spacial score (nSPS) is 10.6. The van der Waals surface area contributed by atoms with Crippen LogP contribution in [-0.4, -0.2) is 30.5 Å². The molecular formula is C18H19N5O2. The smallest absolute Gasteiger partial charge is 0.224 e. The third-order valence-corrected chi connectivity index (χ3v) is 3.77. The standard InChI is InChI=1S/C18H19N5O2/c1-13-19-7-9-23(13)8-3-6-17(25)22-15-11-20-18(21-12-15)14-4-2-5-16(24)10-14/h2,4-5,7,9-12,24H,3,6,8H2,1H3,(H,22,25). The summed E-state index contributed by atoms with van der Waals surface area (Å²) in [5, 5.41) is 12.3. The van der Waals surface area contributed by atoms with Crippen LogP contribution in [-0.2, 0) is 11.3 Å². The van der Waals surface area contributed by atoms with E-state index in [4.69, 9.17) is 0 Å². The number of aromatic hydroxyl groups is 1. The monoisotopic (exact) mass is 337 g/mol. The minimum Gasteiger partial charge on any atom is -0.508 e. The second-order valence-corrected chi connectivity index (χ2v) is 5.67. The summed E-state index contributed by atoms with van der Waals surface area (Å²) in [5.41, 5.74) is 1.27. The van der Waals surface area contributed by atoms with Crippen molar-refractivity contribution in [3.05, 3.63) is 54.9 Å². The van der Waals surface area contributed by atoms with Crippen LogP contribution in [0, 0.1) is 6.92 Å². The highest BCUT2D eigenvalue weighted by Crippen LogP contribution is 2.20. The van der Waals surface area contributed by atoms with E-state index >= 15 is 0 Å².